The van der Waals surface area contributed by atoms with E-state index in [4.69, 9.17) is 0 Å². The van der Waals surface area contributed by atoms with Crippen LogP contribution in [-0.2, 0) is 16.2 Å². The van der Waals surface area contributed by atoms with Crippen molar-refractivity contribution in [3.8, 4) is 11.1 Å². The lowest BCUT2D eigenvalue weighted by molar-refractivity contribution is -0.117. The number of anilines is 2. The third-order valence-corrected chi connectivity index (χ3v) is 5.45. The smallest absolute Gasteiger partial charge is 0.284 e. The van der Waals surface area contributed by atoms with Crippen LogP contribution in [0, 0.1) is 5.92 Å². The molecule has 0 saturated heterocycles. The number of hydrogen-bond acceptors (Lipinski definition) is 4. The van der Waals surface area contributed by atoms with Gasteiger partial charge in [0.25, 0.3) is 6.43 Å². The van der Waals surface area contributed by atoms with E-state index < -0.39 is 23.5 Å². The van der Waals surface area contributed by atoms with E-state index in [0.717, 1.165) is 29.4 Å². The highest BCUT2D eigenvalue weighted by molar-refractivity contribution is 7.92. The second-order valence-corrected chi connectivity index (χ2v) is 7.87. The number of nitrogens with one attached hydrogen (secondary N) is 3. The maximum atomic E-state index is 12.3. The Kier molecular flexibility index (Phi) is 5.19. The number of pyridine rings is 1. The molecule has 146 valence electrons. The van der Waals surface area contributed by atoms with Gasteiger partial charge in [-0.05, 0) is 48.2 Å². The highest BCUT2D eigenvalue weighted by Gasteiger charge is 2.30. The average Bonchev–Trinajstić information content (AvgIpc) is 3.39. The molecule has 0 aliphatic heterocycles. The van der Waals surface area contributed by atoms with Crippen LogP contribution in [0.1, 0.15) is 12.8 Å². The van der Waals surface area contributed by atoms with Gasteiger partial charge < -0.3 is 14.9 Å². The molecule has 2 aromatic heterocycles. The second kappa shape index (κ2) is 7.76. The first-order valence-corrected chi connectivity index (χ1v) is 10.1. The number of alkyl halides is 2. The van der Waals surface area contributed by atoms with E-state index in [1.807, 2.05) is 12.1 Å². The first-order valence-electron chi connectivity index (χ1n) is 8.82. The largest absolute Gasteiger partial charge is 0.593 e. The summed E-state index contributed by atoms with van der Waals surface area (Å²) in [5, 5.41) is 3.75. The Balaban J connectivity index is 1.58. The van der Waals surface area contributed by atoms with Gasteiger partial charge in [-0.1, -0.05) is 12.1 Å². The van der Waals surface area contributed by atoms with E-state index in [1.54, 1.807) is 30.5 Å². The number of halogens is 2. The minimum Gasteiger partial charge on any atom is -0.593 e. The molecule has 0 spiro atoms. The van der Waals surface area contributed by atoms with Crippen LogP contribution in [0.4, 0.5) is 20.3 Å². The predicted molar refractivity (Wildman–Crippen MR) is 106 cm³/mol. The quantitative estimate of drug-likeness (QED) is 0.521. The minimum atomic E-state index is -2.63. The molecule has 1 unspecified atom stereocenters. The van der Waals surface area contributed by atoms with Crippen molar-refractivity contribution >= 4 is 39.8 Å². The Hall–Kier alpha value is -2.65. The number of rotatable bonds is 7. The molecule has 2 heterocycles. The van der Waals surface area contributed by atoms with Gasteiger partial charge in [-0.2, -0.15) is 0 Å². The Bertz CT molecular complexity index is 989. The summed E-state index contributed by atoms with van der Waals surface area (Å²) in [6.45, 7) is 0. The van der Waals surface area contributed by atoms with Gasteiger partial charge in [-0.25, -0.2) is 18.5 Å². The highest BCUT2D eigenvalue weighted by Crippen LogP contribution is 2.33. The van der Waals surface area contributed by atoms with E-state index >= 15 is 0 Å². The molecule has 4 rings (SSSR count). The molecule has 1 amide bonds. The van der Waals surface area contributed by atoms with Crippen molar-refractivity contribution in [2.24, 2.45) is 5.92 Å². The van der Waals surface area contributed by atoms with E-state index in [2.05, 4.69) is 20.0 Å². The van der Waals surface area contributed by atoms with Crippen molar-refractivity contribution in [1.82, 2.24) is 9.97 Å². The molecule has 1 atom stereocenters. The lowest BCUT2D eigenvalue weighted by Gasteiger charge is -2.12. The number of hydrogen-bond donors (Lipinski definition) is 3. The summed E-state index contributed by atoms with van der Waals surface area (Å²) in [6.07, 6.45) is 0.961. The van der Waals surface area contributed by atoms with Gasteiger partial charge in [0.15, 0.2) is 5.75 Å². The topological polar surface area (TPSA) is 92.9 Å². The fourth-order valence-electron chi connectivity index (χ4n) is 2.92. The summed E-state index contributed by atoms with van der Waals surface area (Å²) in [5.74, 6) is -0.198. The van der Waals surface area contributed by atoms with Crippen LogP contribution in [0.3, 0.4) is 0 Å². The molecule has 1 aliphatic carbocycles. The van der Waals surface area contributed by atoms with Crippen LogP contribution >= 0.6 is 0 Å². The van der Waals surface area contributed by atoms with Crippen LogP contribution in [0.5, 0.6) is 0 Å². The van der Waals surface area contributed by atoms with Gasteiger partial charge in [0.05, 0.1) is 17.0 Å². The number of aromatic amines is 1. The molecule has 1 fully saturated rings. The molecule has 1 saturated carbocycles. The molecule has 0 radical (unpaired) electrons. The SMILES string of the molecule is O=C(Nc1cc(-c2ccc(N[S+]([O-])CC(F)F)cc2)c2cc[nH]c2n1)C1CC1. The molecule has 28 heavy (non-hydrogen) atoms. The Labute approximate surface area is 163 Å². The minimum absolute atomic E-state index is 0.0228. The predicted octanol–water partition coefficient (Wildman–Crippen LogP) is 3.92. The fraction of sp³-hybridized carbons (Fsp3) is 0.263. The van der Waals surface area contributed by atoms with Crippen molar-refractivity contribution < 1.29 is 18.1 Å². The second-order valence-electron chi connectivity index (χ2n) is 6.64. The average molecular weight is 404 g/mol. The number of carbonyl (C=O) groups excluding carboxylic acids is 1. The number of benzene rings is 1. The van der Waals surface area contributed by atoms with Gasteiger partial charge in [0.2, 0.25) is 5.91 Å². The Morgan fingerprint density at radius 2 is 2.04 bits per heavy atom. The zero-order valence-electron chi connectivity index (χ0n) is 14.7. The summed E-state index contributed by atoms with van der Waals surface area (Å²) in [4.78, 5) is 19.6. The van der Waals surface area contributed by atoms with Crippen molar-refractivity contribution in [3.05, 3.63) is 42.6 Å². The standard InChI is InChI=1S/C19H18F2N4O2S/c20-16(21)10-28(27)25-13-5-3-11(4-6-13)15-9-17(24-19(26)12-1-2-12)23-18-14(15)7-8-22-18/h3-9,12,16,25H,1-2,10H2,(H2,22,23,24,26). The number of nitrogens with zero attached hydrogens (tertiary/aromatic N) is 1. The molecular weight excluding hydrogens is 386 g/mol. The zero-order valence-corrected chi connectivity index (χ0v) is 15.6. The van der Waals surface area contributed by atoms with Crippen LogP contribution in [0.2, 0.25) is 0 Å². The van der Waals surface area contributed by atoms with Gasteiger partial charge in [0.1, 0.15) is 11.5 Å². The van der Waals surface area contributed by atoms with Gasteiger partial charge in [-0.15, -0.1) is 0 Å². The van der Waals surface area contributed by atoms with E-state index in [-0.39, 0.29) is 11.8 Å². The van der Waals surface area contributed by atoms with Gasteiger partial charge >= 0.3 is 0 Å². The van der Waals surface area contributed by atoms with Crippen molar-refractivity contribution in [2.45, 2.75) is 19.3 Å². The van der Waals surface area contributed by atoms with E-state index in [0.29, 0.717) is 17.2 Å². The summed E-state index contributed by atoms with van der Waals surface area (Å²) in [5.41, 5.74) is 2.88. The lowest BCUT2D eigenvalue weighted by atomic mass is 10.0. The lowest BCUT2D eigenvalue weighted by Crippen LogP contribution is -2.21. The normalized spacial score (nSPS) is 15.0. The van der Waals surface area contributed by atoms with Crippen molar-refractivity contribution in [1.29, 1.82) is 0 Å². The summed E-state index contributed by atoms with van der Waals surface area (Å²) in [7, 11) is 0. The van der Waals surface area contributed by atoms with Crippen LogP contribution in [-0.4, -0.2) is 32.6 Å². The molecule has 0 bridgehead atoms. The van der Waals surface area contributed by atoms with Crippen molar-refractivity contribution in [2.75, 3.05) is 15.8 Å². The van der Waals surface area contributed by atoms with Gasteiger partial charge in [0, 0.05) is 17.5 Å². The number of aromatic nitrogens is 2. The first-order chi connectivity index (χ1) is 13.5. The van der Waals surface area contributed by atoms with E-state index in [1.165, 1.54) is 0 Å². The Morgan fingerprint density at radius 3 is 2.71 bits per heavy atom. The van der Waals surface area contributed by atoms with Crippen LogP contribution < -0.4 is 10.0 Å². The number of fused-ring (bicyclic) bond motifs is 1. The first kappa shape index (κ1) is 18.7. The Morgan fingerprint density at radius 1 is 1.29 bits per heavy atom. The molecule has 9 heteroatoms. The van der Waals surface area contributed by atoms with Crippen molar-refractivity contribution in [3.63, 3.8) is 0 Å². The monoisotopic (exact) mass is 404 g/mol. The molecule has 1 aliphatic rings. The molecule has 6 nitrogen and oxygen atoms in total. The van der Waals surface area contributed by atoms with Gasteiger partial charge in [-0.3, -0.25) is 4.79 Å². The molecular formula is C19H18F2N4O2S. The summed E-state index contributed by atoms with van der Waals surface area (Å²) >= 11 is -1.84. The molecule has 3 N–H and O–H groups in total. The molecule has 3 aromatic rings. The number of H-pyrrole nitrogens is 1. The summed E-state index contributed by atoms with van der Waals surface area (Å²) < 4.78 is 38.8. The van der Waals surface area contributed by atoms with E-state index in [9.17, 15) is 18.1 Å². The summed E-state index contributed by atoms with van der Waals surface area (Å²) in [6, 6.07) is 10.7. The zero-order chi connectivity index (χ0) is 19.7. The number of amides is 1. The van der Waals surface area contributed by atoms with Crippen LogP contribution in [0.15, 0.2) is 42.6 Å². The highest BCUT2D eigenvalue weighted by atomic mass is 32.2. The third kappa shape index (κ3) is 4.26. The maximum absolute atomic E-state index is 12.3. The number of carbonyl (C=O) groups is 1. The third-order valence-electron chi connectivity index (χ3n) is 4.43. The maximum Gasteiger partial charge on any atom is 0.284 e. The fourth-order valence-corrected chi connectivity index (χ4v) is 3.63. The molecule has 1 aromatic carbocycles. The van der Waals surface area contributed by atoms with Crippen LogP contribution in [0.25, 0.3) is 22.2 Å².